The van der Waals surface area contributed by atoms with Crippen LogP contribution in [0.5, 0.6) is 0 Å². The average Bonchev–Trinajstić information content (AvgIpc) is 3.29. The summed E-state index contributed by atoms with van der Waals surface area (Å²) in [6.07, 6.45) is 0. The molecule has 0 spiro atoms. The van der Waals surface area contributed by atoms with Gasteiger partial charge in [-0.05, 0) is 173 Å². The second-order valence-electron chi connectivity index (χ2n) is 17.7. The first kappa shape index (κ1) is 38.6. The van der Waals surface area contributed by atoms with Crippen molar-refractivity contribution in [3.8, 4) is 44.5 Å². The van der Waals surface area contributed by atoms with E-state index < -0.39 is 0 Å². The number of nitrogens with zero attached hydrogens (tertiary/aromatic N) is 2. The fraction of sp³-hybridized carbons (Fsp3) is 0.100. The minimum absolute atomic E-state index is 0.0180. The Morgan fingerprint density at radius 3 is 1.03 bits per heavy atom. The molecule has 0 fully saturated rings. The molecule has 0 N–H and O–H groups in total. The van der Waals surface area contributed by atoms with E-state index in [-0.39, 0.29) is 6.71 Å². The third-order valence-electron chi connectivity index (χ3n) is 13.4. The number of hydrogen-bond acceptors (Lipinski definition) is 2. The zero-order valence-corrected chi connectivity index (χ0v) is 36.9. The van der Waals surface area contributed by atoms with E-state index in [1.807, 2.05) is 0 Å². The van der Waals surface area contributed by atoms with Gasteiger partial charge in [-0.25, -0.2) is 0 Å². The van der Waals surface area contributed by atoms with Crippen molar-refractivity contribution in [2.75, 3.05) is 9.80 Å². The van der Waals surface area contributed by atoms with E-state index in [0.29, 0.717) is 0 Å². The Bertz CT molecular complexity index is 2960. The third-order valence-corrected chi connectivity index (χ3v) is 13.4. The molecule has 0 aliphatic carbocycles. The van der Waals surface area contributed by atoms with E-state index >= 15 is 0 Å². The zero-order valence-electron chi connectivity index (χ0n) is 36.9. The number of anilines is 6. The van der Waals surface area contributed by atoms with E-state index in [4.69, 9.17) is 0 Å². The first-order valence-corrected chi connectivity index (χ1v) is 22.2. The van der Waals surface area contributed by atoms with Crippen molar-refractivity contribution in [2.45, 2.75) is 41.5 Å². The lowest BCUT2D eigenvalue weighted by atomic mass is 9.33. The molecule has 0 saturated heterocycles. The van der Waals surface area contributed by atoms with Crippen LogP contribution in [0.1, 0.15) is 33.4 Å². The molecular weight excluding hydrogens is 759 g/mol. The maximum atomic E-state index is 2.52. The predicted octanol–water partition coefficient (Wildman–Crippen LogP) is 14.3. The monoisotopic (exact) mass is 808 g/mol. The van der Waals surface area contributed by atoms with Crippen molar-refractivity contribution in [1.82, 2.24) is 0 Å². The van der Waals surface area contributed by atoms with Gasteiger partial charge < -0.3 is 9.80 Å². The Morgan fingerprint density at radius 1 is 0.302 bits per heavy atom. The van der Waals surface area contributed by atoms with E-state index in [9.17, 15) is 0 Å². The van der Waals surface area contributed by atoms with Gasteiger partial charge in [0.1, 0.15) is 0 Å². The van der Waals surface area contributed by atoms with Gasteiger partial charge in [0.15, 0.2) is 0 Å². The normalized spacial score (nSPS) is 12.5. The van der Waals surface area contributed by atoms with Crippen LogP contribution in [-0.2, 0) is 0 Å². The highest BCUT2D eigenvalue weighted by molar-refractivity contribution is 7.00. The second kappa shape index (κ2) is 15.2. The minimum Gasteiger partial charge on any atom is -0.311 e. The number of hydrogen-bond donors (Lipinski definition) is 0. The topological polar surface area (TPSA) is 6.48 Å². The van der Waals surface area contributed by atoms with Gasteiger partial charge in [0, 0.05) is 34.1 Å². The van der Waals surface area contributed by atoms with Crippen LogP contribution in [0.25, 0.3) is 44.5 Å². The lowest BCUT2D eigenvalue weighted by Gasteiger charge is -2.44. The molecule has 0 bridgehead atoms. The highest BCUT2D eigenvalue weighted by atomic mass is 15.2. The molecule has 302 valence electrons. The van der Waals surface area contributed by atoms with E-state index in [0.717, 1.165) is 11.4 Å². The fourth-order valence-electron chi connectivity index (χ4n) is 10.9. The smallest absolute Gasteiger partial charge is 0.252 e. The Hall–Kier alpha value is -7.36. The molecule has 2 nitrogen and oxygen atoms in total. The van der Waals surface area contributed by atoms with Crippen LogP contribution in [0, 0.1) is 41.5 Å². The maximum Gasteiger partial charge on any atom is 0.252 e. The summed E-state index contributed by atoms with van der Waals surface area (Å²) in [5.74, 6) is 0. The molecule has 0 unspecified atom stereocenters. The highest BCUT2D eigenvalue weighted by Crippen LogP contribution is 2.46. The van der Waals surface area contributed by atoms with E-state index in [1.54, 1.807) is 0 Å². The molecule has 3 heteroatoms. The second-order valence-corrected chi connectivity index (χ2v) is 17.7. The first-order valence-electron chi connectivity index (χ1n) is 22.2. The van der Waals surface area contributed by atoms with Crippen LogP contribution in [0.3, 0.4) is 0 Å². The van der Waals surface area contributed by atoms with Crippen LogP contribution in [0.15, 0.2) is 188 Å². The van der Waals surface area contributed by atoms with Gasteiger partial charge in [-0.2, -0.15) is 0 Å². The molecule has 0 saturated carbocycles. The Kier molecular flexibility index (Phi) is 9.32. The third kappa shape index (κ3) is 6.50. The summed E-state index contributed by atoms with van der Waals surface area (Å²) >= 11 is 0. The minimum atomic E-state index is 0.0180. The van der Waals surface area contributed by atoms with Crippen molar-refractivity contribution in [3.63, 3.8) is 0 Å². The summed E-state index contributed by atoms with van der Waals surface area (Å²) < 4.78 is 0. The molecule has 2 aliphatic rings. The van der Waals surface area contributed by atoms with Gasteiger partial charge >= 0.3 is 0 Å². The summed E-state index contributed by atoms with van der Waals surface area (Å²) in [6.45, 7) is 13.4. The summed E-state index contributed by atoms with van der Waals surface area (Å²) in [7, 11) is 0. The van der Waals surface area contributed by atoms with E-state index in [2.05, 4.69) is 239 Å². The Balaban J connectivity index is 1.16. The molecule has 9 aromatic carbocycles. The predicted molar refractivity (Wildman–Crippen MR) is 271 cm³/mol. The van der Waals surface area contributed by atoms with Crippen molar-refractivity contribution < 1.29 is 0 Å². The standard InChI is InChI=1S/C60H49BN2/c1-38-32-40(3)58(41(4)33-38)48-24-30-52-56(36-48)62(50-26-20-46(21-27-50)44-14-9-7-10-15-44)54-18-13-19-55-60(54)61(52)53-31-25-49(59-42(5)34-39(2)35-43(59)6)37-57(53)63(55)51-28-22-47(23-29-51)45-16-11-8-12-17-45/h7-37H,1-6H3. The molecule has 63 heavy (non-hydrogen) atoms. The SMILES string of the molecule is Cc1cc(C)c(-c2ccc3c(c2)N(c2ccc(-c4ccccc4)cc2)c2cccc4c2B3c2ccc(-c3c(C)cc(C)cc3C)cc2N4c2ccc(-c3ccccc3)cc2)c(C)c1. The molecule has 0 aromatic heterocycles. The van der Waals surface area contributed by atoms with Gasteiger partial charge in [-0.3, -0.25) is 0 Å². The van der Waals surface area contributed by atoms with Crippen LogP contribution in [0.2, 0.25) is 0 Å². The summed E-state index contributed by atoms with van der Waals surface area (Å²) in [5, 5.41) is 0. The molecule has 9 aromatic rings. The Labute approximate surface area is 372 Å². The number of aryl methyl sites for hydroxylation is 6. The maximum absolute atomic E-state index is 2.52. The molecule has 11 rings (SSSR count). The van der Waals surface area contributed by atoms with Gasteiger partial charge in [0.25, 0.3) is 6.71 Å². The fourth-order valence-corrected chi connectivity index (χ4v) is 10.9. The van der Waals surface area contributed by atoms with Gasteiger partial charge in [-0.1, -0.05) is 151 Å². The van der Waals surface area contributed by atoms with Gasteiger partial charge in [-0.15, -0.1) is 0 Å². The number of benzene rings is 9. The van der Waals surface area contributed by atoms with Crippen LogP contribution in [0.4, 0.5) is 34.1 Å². The molecular formula is C60H49BN2. The first-order chi connectivity index (χ1) is 30.7. The lowest BCUT2D eigenvalue weighted by Crippen LogP contribution is -2.61. The van der Waals surface area contributed by atoms with Crippen molar-refractivity contribution in [1.29, 1.82) is 0 Å². The molecule has 0 amide bonds. The van der Waals surface area contributed by atoms with Gasteiger partial charge in [0.05, 0.1) is 0 Å². The van der Waals surface area contributed by atoms with Gasteiger partial charge in [0.2, 0.25) is 0 Å². The summed E-state index contributed by atoms with van der Waals surface area (Å²) in [6, 6.07) is 70.4. The number of rotatable bonds is 6. The van der Waals surface area contributed by atoms with Crippen LogP contribution >= 0.6 is 0 Å². The van der Waals surface area contributed by atoms with Crippen molar-refractivity contribution in [2.24, 2.45) is 0 Å². The summed E-state index contributed by atoms with van der Waals surface area (Å²) in [4.78, 5) is 5.05. The quantitative estimate of drug-likeness (QED) is 0.154. The number of fused-ring (bicyclic) bond motifs is 4. The van der Waals surface area contributed by atoms with Crippen molar-refractivity contribution >= 4 is 57.2 Å². The zero-order chi connectivity index (χ0) is 42.9. The molecule has 0 radical (unpaired) electrons. The highest BCUT2D eigenvalue weighted by Gasteiger charge is 2.43. The molecule has 2 aliphatic heterocycles. The molecule has 0 atom stereocenters. The Morgan fingerprint density at radius 2 is 0.651 bits per heavy atom. The van der Waals surface area contributed by atoms with E-state index in [1.165, 1.54) is 117 Å². The lowest BCUT2D eigenvalue weighted by molar-refractivity contribution is 1.25. The largest absolute Gasteiger partial charge is 0.311 e. The average molecular weight is 809 g/mol. The van der Waals surface area contributed by atoms with Crippen LogP contribution in [-0.4, -0.2) is 6.71 Å². The van der Waals surface area contributed by atoms with Crippen molar-refractivity contribution in [3.05, 3.63) is 221 Å². The molecule has 2 heterocycles. The van der Waals surface area contributed by atoms with Crippen LogP contribution < -0.4 is 26.2 Å². The summed E-state index contributed by atoms with van der Waals surface area (Å²) in [5.41, 5.74) is 28.8.